The molecule has 134 valence electrons. The lowest BCUT2D eigenvalue weighted by molar-refractivity contribution is -0.131. The van der Waals surface area contributed by atoms with Crippen LogP contribution in [0.25, 0.3) is 28.4 Å². The van der Waals surface area contributed by atoms with Crippen molar-refractivity contribution in [2.75, 3.05) is 26.1 Å². The van der Waals surface area contributed by atoms with Gasteiger partial charge in [0, 0.05) is 31.1 Å². The Labute approximate surface area is 150 Å². The molecular weight excluding hydrogens is 334 g/mol. The van der Waals surface area contributed by atoms with E-state index in [4.69, 9.17) is 14.3 Å². The first-order valence-electron chi connectivity index (χ1n) is 7.92. The van der Waals surface area contributed by atoms with E-state index in [2.05, 4.69) is 0 Å². The number of hydrogen-bond donors (Lipinski definition) is 2. The Bertz CT molecular complexity index is 1000. The van der Waals surface area contributed by atoms with Crippen molar-refractivity contribution in [2.24, 2.45) is 0 Å². The standard InChI is InChI=1S/C20H19NO5/c1-21(2)15-6-5-13(10-18(15)25-3)17-11-14-8-12(4-7-19(23)24)9-16(22)20(14)26-17/h4-11,22H,1-3H3,(H,23,24)/b7-4+. The van der Waals surface area contributed by atoms with Crippen LogP contribution >= 0.6 is 0 Å². The Morgan fingerprint density at radius 1 is 1.19 bits per heavy atom. The molecule has 0 amide bonds. The molecule has 26 heavy (non-hydrogen) atoms. The average molecular weight is 353 g/mol. The van der Waals surface area contributed by atoms with Crippen LogP contribution in [-0.4, -0.2) is 37.4 Å². The van der Waals surface area contributed by atoms with Gasteiger partial charge in [0.25, 0.3) is 0 Å². The van der Waals surface area contributed by atoms with E-state index >= 15 is 0 Å². The molecule has 3 aromatic rings. The number of ether oxygens (including phenoxy) is 1. The summed E-state index contributed by atoms with van der Waals surface area (Å²) >= 11 is 0. The molecule has 2 N–H and O–H groups in total. The van der Waals surface area contributed by atoms with Crippen molar-refractivity contribution in [3.05, 3.63) is 48.0 Å². The van der Waals surface area contributed by atoms with Gasteiger partial charge in [0.2, 0.25) is 0 Å². The van der Waals surface area contributed by atoms with Crippen molar-refractivity contribution in [1.82, 2.24) is 0 Å². The van der Waals surface area contributed by atoms with E-state index in [1.54, 1.807) is 19.2 Å². The number of phenols is 1. The van der Waals surface area contributed by atoms with Gasteiger partial charge in [0.15, 0.2) is 11.3 Å². The van der Waals surface area contributed by atoms with E-state index in [9.17, 15) is 9.90 Å². The van der Waals surface area contributed by atoms with Crippen LogP contribution in [0.2, 0.25) is 0 Å². The number of carbonyl (C=O) groups is 1. The summed E-state index contributed by atoms with van der Waals surface area (Å²) < 4.78 is 11.2. The monoisotopic (exact) mass is 353 g/mol. The fourth-order valence-corrected chi connectivity index (χ4v) is 2.76. The van der Waals surface area contributed by atoms with Crippen LogP contribution in [0.5, 0.6) is 11.5 Å². The first-order valence-corrected chi connectivity index (χ1v) is 7.92. The minimum atomic E-state index is -1.05. The Morgan fingerprint density at radius 3 is 2.62 bits per heavy atom. The lowest BCUT2D eigenvalue weighted by Crippen LogP contribution is -2.09. The molecule has 0 aliphatic carbocycles. The van der Waals surface area contributed by atoms with Crippen LogP contribution in [-0.2, 0) is 4.79 Å². The van der Waals surface area contributed by atoms with Crippen LogP contribution in [0, 0.1) is 0 Å². The van der Waals surface area contributed by atoms with E-state index < -0.39 is 5.97 Å². The van der Waals surface area contributed by atoms with Gasteiger partial charge in [-0.2, -0.15) is 0 Å². The first-order chi connectivity index (χ1) is 12.4. The SMILES string of the molecule is COc1cc(-c2cc3cc(/C=C/C(=O)O)cc(O)c3o2)ccc1N(C)C. The minimum Gasteiger partial charge on any atom is -0.504 e. The van der Waals surface area contributed by atoms with E-state index in [1.165, 1.54) is 12.1 Å². The molecule has 0 fully saturated rings. The highest BCUT2D eigenvalue weighted by Crippen LogP contribution is 2.37. The quantitative estimate of drug-likeness (QED) is 0.675. The molecular formula is C20H19NO5. The molecule has 1 heterocycles. The number of benzene rings is 2. The van der Waals surface area contributed by atoms with Gasteiger partial charge in [0.05, 0.1) is 12.8 Å². The van der Waals surface area contributed by atoms with Crippen molar-refractivity contribution in [1.29, 1.82) is 0 Å². The molecule has 0 atom stereocenters. The maximum absolute atomic E-state index is 10.7. The summed E-state index contributed by atoms with van der Waals surface area (Å²) in [7, 11) is 5.48. The number of nitrogens with zero attached hydrogens (tertiary/aromatic N) is 1. The van der Waals surface area contributed by atoms with Crippen LogP contribution in [0.1, 0.15) is 5.56 Å². The molecule has 2 aromatic carbocycles. The number of phenolic OH excluding ortho intramolecular Hbond substituents is 1. The zero-order chi connectivity index (χ0) is 18.8. The lowest BCUT2D eigenvalue weighted by atomic mass is 10.1. The van der Waals surface area contributed by atoms with Crippen LogP contribution in [0.15, 0.2) is 46.9 Å². The van der Waals surface area contributed by atoms with Gasteiger partial charge < -0.3 is 24.3 Å². The van der Waals surface area contributed by atoms with Gasteiger partial charge in [0.1, 0.15) is 11.5 Å². The number of furan rings is 1. The van der Waals surface area contributed by atoms with Crippen molar-refractivity contribution in [3.8, 4) is 22.8 Å². The fraction of sp³-hybridized carbons (Fsp3) is 0.150. The number of methoxy groups -OCH3 is 1. The number of anilines is 1. The highest BCUT2D eigenvalue weighted by atomic mass is 16.5. The van der Waals surface area contributed by atoms with Gasteiger partial charge in [-0.1, -0.05) is 0 Å². The fourth-order valence-electron chi connectivity index (χ4n) is 2.76. The molecule has 6 heteroatoms. The number of aromatic hydroxyl groups is 1. The van der Waals surface area contributed by atoms with Gasteiger partial charge in [-0.3, -0.25) is 0 Å². The molecule has 0 spiro atoms. The van der Waals surface area contributed by atoms with E-state index in [1.807, 2.05) is 37.2 Å². The third-order valence-corrected chi connectivity index (χ3v) is 3.98. The second-order valence-corrected chi connectivity index (χ2v) is 6.02. The Balaban J connectivity index is 2.06. The number of aliphatic carboxylic acids is 1. The number of rotatable bonds is 5. The Morgan fingerprint density at radius 2 is 1.96 bits per heavy atom. The number of carboxylic acid groups (broad SMARTS) is 1. The van der Waals surface area contributed by atoms with Crippen molar-refractivity contribution in [3.63, 3.8) is 0 Å². The average Bonchev–Trinajstić information content (AvgIpc) is 3.04. The van der Waals surface area contributed by atoms with Crippen molar-refractivity contribution < 1.29 is 24.2 Å². The molecule has 0 saturated heterocycles. The Kier molecular flexibility index (Phi) is 4.58. The molecule has 3 rings (SSSR count). The molecule has 0 unspecified atom stereocenters. The maximum atomic E-state index is 10.7. The van der Waals surface area contributed by atoms with E-state index in [0.717, 1.165) is 17.3 Å². The highest BCUT2D eigenvalue weighted by Gasteiger charge is 2.13. The molecule has 1 aromatic heterocycles. The first kappa shape index (κ1) is 17.4. The summed E-state index contributed by atoms with van der Waals surface area (Å²) in [5.74, 6) is 0.196. The van der Waals surface area contributed by atoms with Crippen LogP contribution in [0.4, 0.5) is 5.69 Å². The second kappa shape index (κ2) is 6.84. The predicted octanol–water partition coefficient (Wildman–Crippen LogP) is 3.98. The minimum absolute atomic E-state index is 0.0457. The molecule has 0 bridgehead atoms. The molecule has 6 nitrogen and oxygen atoms in total. The molecule has 0 aliphatic heterocycles. The third-order valence-electron chi connectivity index (χ3n) is 3.98. The smallest absolute Gasteiger partial charge is 0.328 e. The zero-order valence-electron chi connectivity index (χ0n) is 14.7. The number of fused-ring (bicyclic) bond motifs is 1. The second-order valence-electron chi connectivity index (χ2n) is 6.02. The number of hydrogen-bond acceptors (Lipinski definition) is 5. The summed E-state index contributed by atoms with van der Waals surface area (Å²) in [6.45, 7) is 0. The Hall–Kier alpha value is -3.41. The van der Waals surface area contributed by atoms with Crippen LogP contribution < -0.4 is 9.64 Å². The van der Waals surface area contributed by atoms with Crippen molar-refractivity contribution in [2.45, 2.75) is 0 Å². The maximum Gasteiger partial charge on any atom is 0.328 e. The van der Waals surface area contributed by atoms with Gasteiger partial charge in [-0.05, 0) is 48.0 Å². The van der Waals surface area contributed by atoms with E-state index in [-0.39, 0.29) is 5.75 Å². The van der Waals surface area contributed by atoms with Gasteiger partial charge in [-0.15, -0.1) is 0 Å². The summed E-state index contributed by atoms with van der Waals surface area (Å²) in [6.07, 6.45) is 2.44. The summed E-state index contributed by atoms with van der Waals surface area (Å²) in [5.41, 5.74) is 2.68. The van der Waals surface area contributed by atoms with Crippen LogP contribution in [0.3, 0.4) is 0 Å². The molecule has 0 saturated carbocycles. The summed E-state index contributed by atoms with van der Waals surface area (Å²) in [6, 6.07) is 10.7. The predicted molar refractivity (Wildman–Crippen MR) is 101 cm³/mol. The summed E-state index contributed by atoms with van der Waals surface area (Å²) in [5, 5.41) is 19.6. The normalized spacial score (nSPS) is 11.2. The van der Waals surface area contributed by atoms with Gasteiger partial charge in [-0.25, -0.2) is 4.79 Å². The summed E-state index contributed by atoms with van der Waals surface area (Å²) in [4.78, 5) is 12.6. The largest absolute Gasteiger partial charge is 0.504 e. The topological polar surface area (TPSA) is 83.1 Å². The highest BCUT2D eigenvalue weighted by molar-refractivity contribution is 5.91. The number of carboxylic acids is 1. The van der Waals surface area contributed by atoms with Crippen molar-refractivity contribution >= 4 is 28.7 Å². The third kappa shape index (κ3) is 3.35. The van der Waals surface area contributed by atoms with E-state index in [0.29, 0.717) is 28.0 Å². The molecule has 0 radical (unpaired) electrons. The molecule has 0 aliphatic rings. The lowest BCUT2D eigenvalue weighted by Gasteiger charge is -2.16. The zero-order valence-corrected chi connectivity index (χ0v) is 14.7. The van der Waals surface area contributed by atoms with Gasteiger partial charge >= 0.3 is 5.97 Å².